The molecule has 2 heteroatoms. The Bertz CT molecular complexity index is 555. The van der Waals surface area contributed by atoms with Gasteiger partial charge in [0, 0.05) is 18.6 Å². The summed E-state index contributed by atoms with van der Waals surface area (Å²) in [5.74, 6) is 0.667. The van der Waals surface area contributed by atoms with Gasteiger partial charge in [-0.25, -0.2) is 0 Å². The highest BCUT2D eigenvalue weighted by molar-refractivity contribution is 5.34. The molecule has 2 unspecified atom stereocenters. The molecule has 124 valence electrons. The molecule has 3 rings (SSSR count). The molecule has 0 amide bonds. The summed E-state index contributed by atoms with van der Waals surface area (Å²) in [4.78, 5) is 0. The topological polar surface area (TPSA) is 35.2 Å². The monoisotopic (exact) mass is 311 g/mol. The fraction of sp³-hybridized carbons (Fsp3) is 0.429. The maximum atomic E-state index is 6.05. The second-order valence-corrected chi connectivity index (χ2v) is 5.95. The average molecular weight is 311 g/mol. The van der Waals surface area contributed by atoms with E-state index in [-0.39, 0.29) is 5.41 Å². The number of hydrogen-bond donors (Lipinski definition) is 1. The summed E-state index contributed by atoms with van der Waals surface area (Å²) in [5, 5.41) is 0. The van der Waals surface area contributed by atoms with E-state index in [1.54, 1.807) is 0 Å². The molecule has 1 fully saturated rings. The Morgan fingerprint density at radius 3 is 2.22 bits per heavy atom. The summed E-state index contributed by atoms with van der Waals surface area (Å²) in [6.45, 7) is 6.25. The minimum absolute atomic E-state index is 0.206. The third-order valence-electron chi connectivity index (χ3n) is 4.67. The highest BCUT2D eigenvalue weighted by atomic mass is 16.5. The molecule has 2 aromatic rings. The zero-order valence-electron chi connectivity index (χ0n) is 14.4. The maximum absolute atomic E-state index is 6.05. The molecule has 0 bridgehead atoms. The van der Waals surface area contributed by atoms with Gasteiger partial charge in [-0.05, 0) is 29.9 Å². The van der Waals surface area contributed by atoms with Crippen LogP contribution in [-0.2, 0) is 16.8 Å². The summed E-state index contributed by atoms with van der Waals surface area (Å²) in [6, 6.07) is 21.0. The van der Waals surface area contributed by atoms with Crippen molar-refractivity contribution in [1.82, 2.24) is 0 Å². The van der Waals surface area contributed by atoms with Crippen molar-refractivity contribution < 1.29 is 4.74 Å². The largest absolute Gasteiger partial charge is 0.377 e. The van der Waals surface area contributed by atoms with E-state index in [0.29, 0.717) is 12.5 Å². The first-order chi connectivity index (χ1) is 11.3. The lowest BCUT2D eigenvalue weighted by Crippen LogP contribution is -2.22. The number of benzene rings is 2. The molecule has 1 saturated carbocycles. The van der Waals surface area contributed by atoms with Crippen molar-refractivity contribution in [3.05, 3.63) is 71.8 Å². The number of hydrogen-bond acceptors (Lipinski definition) is 2. The Kier molecular flexibility index (Phi) is 6.82. The molecule has 0 saturated heterocycles. The standard InChI is InChI=1S/C19H23NO.C2H6/c20-15-19(17-9-5-2-6-10-17)13-18(19)11-12-21-14-16-7-3-1-4-8-16;1-2/h1-10,18H,11-15,20H2;1-2H3. The van der Waals surface area contributed by atoms with E-state index in [1.807, 2.05) is 19.9 Å². The summed E-state index contributed by atoms with van der Waals surface area (Å²) < 4.78 is 5.80. The quantitative estimate of drug-likeness (QED) is 0.762. The van der Waals surface area contributed by atoms with Crippen molar-refractivity contribution in [3.63, 3.8) is 0 Å². The smallest absolute Gasteiger partial charge is 0.0716 e. The van der Waals surface area contributed by atoms with Crippen molar-refractivity contribution in [2.45, 2.75) is 38.7 Å². The van der Waals surface area contributed by atoms with E-state index in [1.165, 1.54) is 17.5 Å². The van der Waals surface area contributed by atoms with Crippen LogP contribution in [0.2, 0.25) is 0 Å². The maximum Gasteiger partial charge on any atom is 0.0716 e. The van der Waals surface area contributed by atoms with Gasteiger partial charge in [0.1, 0.15) is 0 Å². The van der Waals surface area contributed by atoms with Crippen LogP contribution >= 0.6 is 0 Å². The molecule has 0 aliphatic heterocycles. The summed E-state index contributed by atoms with van der Waals surface area (Å²) in [7, 11) is 0. The predicted octanol–water partition coefficient (Wildman–Crippen LogP) is 4.54. The van der Waals surface area contributed by atoms with Gasteiger partial charge in [0.2, 0.25) is 0 Å². The van der Waals surface area contributed by atoms with Crippen molar-refractivity contribution in [2.24, 2.45) is 11.7 Å². The SMILES string of the molecule is CC.NCC1(c2ccccc2)CC1CCOCc1ccccc1. The van der Waals surface area contributed by atoms with Crippen LogP contribution in [0.4, 0.5) is 0 Å². The van der Waals surface area contributed by atoms with Crippen molar-refractivity contribution in [2.75, 3.05) is 13.2 Å². The first-order valence-electron chi connectivity index (χ1n) is 8.72. The molecule has 1 aliphatic rings. The Labute approximate surface area is 140 Å². The lowest BCUT2D eigenvalue weighted by atomic mass is 9.92. The molecular formula is C21H29NO. The van der Waals surface area contributed by atoms with E-state index in [0.717, 1.165) is 19.6 Å². The summed E-state index contributed by atoms with van der Waals surface area (Å²) in [6.07, 6.45) is 2.29. The minimum atomic E-state index is 0.206. The third-order valence-corrected chi connectivity index (χ3v) is 4.67. The van der Waals surface area contributed by atoms with E-state index in [9.17, 15) is 0 Å². The highest BCUT2D eigenvalue weighted by Gasteiger charge is 2.53. The number of rotatable bonds is 7. The van der Waals surface area contributed by atoms with Crippen LogP contribution in [0.3, 0.4) is 0 Å². The fourth-order valence-electron chi connectivity index (χ4n) is 3.24. The van der Waals surface area contributed by atoms with E-state index < -0.39 is 0 Å². The lowest BCUT2D eigenvalue weighted by molar-refractivity contribution is 0.113. The first kappa shape index (κ1) is 17.7. The Morgan fingerprint density at radius 1 is 1.00 bits per heavy atom. The Morgan fingerprint density at radius 2 is 1.61 bits per heavy atom. The van der Waals surface area contributed by atoms with E-state index >= 15 is 0 Å². The normalized spacial score (nSPS) is 22.1. The van der Waals surface area contributed by atoms with Crippen LogP contribution in [0, 0.1) is 5.92 Å². The molecule has 0 spiro atoms. The van der Waals surface area contributed by atoms with Crippen LogP contribution < -0.4 is 5.73 Å². The molecule has 0 heterocycles. The molecular weight excluding hydrogens is 282 g/mol. The average Bonchev–Trinajstić information content (AvgIpc) is 3.37. The third kappa shape index (κ3) is 4.43. The van der Waals surface area contributed by atoms with Gasteiger partial charge in [-0.2, -0.15) is 0 Å². The molecule has 2 aromatic carbocycles. The molecule has 0 aromatic heterocycles. The molecule has 2 nitrogen and oxygen atoms in total. The van der Waals surface area contributed by atoms with Gasteiger partial charge in [0.25, 0.3) is 0 Å². The van der Waals surface area contributed by atoms with Crippen LogP contribution in [-0.4, -0.2) is 13.2 Å². The van der Waals surface area contributed by atoms with Crippen molar-refractivity contribution >= 4 is 0 Å². The van der Waals surface area contributed by atoms with Crippen LogP contribution in [0.15, 0.2) is 60.7 Å². The van der Waals surface area contributed by atoms with Gasteiger partial charge in [0.05, 0.1) is 6.61 Å². The highest BCUT2D eigenvalue weighted by Crippen LogP contribution is 2.55. The second kappa shape index (κ2) is 8.85. The number of ether oxygens (including phenoxy) is 1. The zero-order valence-corrected chi connectivity index (χ0v) is 14.4. The van der Waals surface area contributed by atoms with Gasteiger partial charge in [0.15, 0.2) is 0 Å². The molecule has 2 N–H and O–H groups in total. The first-order valence-corrected chi connectivity index (χ1v) is 8.72. The molecule has 0 radical (unpaired) electrons. The van der Waals surface area contributed by atoms with Gasteiger partial charge in [-0.15, -0.1) is 0 Å². The van der Waals surface area contributed by atoms with Crippen LogP contribution in [0.25, 0.3) is 0 Å². The van der Waals surface area contributed by atoms with E-state index in [2.05, 4.69) is 54.6 Å². The van der Waals surface area contributed by atoms with Gasteiger partial charge in [-0.1, -0.05) is 74.5 Å². The van der Waals surface area contributed by atoms with Crippen LogP contribution in [0.1, 0.15) is 37.8 Å². The predicted molar refractivity (Wildman–Crippen MR) is 97.3 cm³/mol. The summed E-state index contributed by atoms with van der Waals surface area (Å²) >= 11 is 0. The molecule has 1 aliphatic carbocycles. The number of nitrogens with two attached hydrogens (primary N) is 1. The Hall–Kier alpha value is -1.64. The van der Waals surface area contributed by atoms with Gasteiger partial charge < -0.3 is 10.5 Å². The summed E-state index contributed by atoms with van der Waals surface area (Å²) in [5.41, 5.74) is 8.88. The van der Waals surface area contributed by atoms with Gasteiger partial charge >= 0.3 is 0 Å². The van der Waals surface area contributed by atoms with Crippen LogP contribution in [0.5, 0.6) is 0 Å². The molecule has 23 heavy (non-hydrogen) atoms. The van der Waals surface area contributed by atoms with Crippen molar-refractivity contribution in [3.8, 4) is 0 Å². The Balaban J connectivity index is 0.000000924. The van der Waals surface area contributed by atoms with E-state index in [4.69, 9.17) is 10.5 Å². The van der Waals surface area contributed by atoms with Gasteiger partial charge in [-0.3, -0.25) is 0 Å². The second-order valence-electron chi connectivity index (χ2n) is 5.95. The minimum Gasteiger partial charge on any atom is -0.377 e. The van der Waals surface area contributed by atoms with Crippen molar-refractivity contribution in [1.29, 1.82) is 0 Å². The zero-order chi connectivity index (χ0) is 16.5. The molecule has 2 atom stereocenters. The fourth-order valence-corrected chi connectivity index (χ4v) is 3.24. The lowest BCUT2D eigenvalue weighted by Gasteiger charge is -2.15.